The van der Waals surface area contributed by atoms with Crippen molar-refractivity contribution in [3.8, 4) is 0 Å². The molecule has 1 saturated heterocycles. The van der Waals surface area contributed by atoms with Crippen molar-refractivity contribution in [2.24, 2.45) is 5.92 Å². The van der Waals surface area contributed by atoms with E-state index in [2.05, 4.69) is 11.8 Å². The second-order valence-corrected chi connectivity index (χ2v) is 4.74. The van der Waals surface area contributed by atoms with Gasteiger partial charge < -0.3 is 4.90 Å². The summed E-state index contributed by atoms with van der Waals surface area (Å²) < 4.78 is 0. The molecule has 1 aromatic rings. The quantitative estimate of drug-likeness (QED) is 0.752. The third-order valence-corrected chi connectivity index (χ3v) is 3.67. The Bertz CT molecular complexity index is 392. The molecule has 1 aromatic carbocycles. The van der Waals surface area contributed by atoms with Crippen LogP contribution in [0.25, 0.3) is 0 Å². The topological polar surface area (TPSA) is 20.3 Å². The van der Waals surface area contributed by atoms with Gasteiger partial charge in [0.05, 0.1) is 5.02 Å². The molecule has 1 aliphatic rings. The lowest BCUT2D eigenvalue weighted by Crippen LogP contribution is -2.19. The molecule has 2 rings (SSSR count). The van der Waals surface area contributed by atoms with Gasteiger partial charge in [0.15, 0.2) is 6.29 Å². The van der Waals surface area contributed by atoms with Gasteiger partial charge in [0.25, 0.3) is 0 Å². The molecular formula is C13H16ClNO. The van der Waals surface area contributed by atoms with Crippen LogP contribution in [-0.2, 0) is 0 Å². The fourth-order valence-electron chi connectivity index (χ4n) is 2.21. The van der Waals surface area contributed by atoms with Gasteiger partial charge in [-0.3, -0.25) is 4.79 Å². The Labute approximate surface area is 101 Å². The van der Waals surface area contributed by atoms with Crippen LogP contribution in [0, 0.1) is 5.92 Å². The van der Waals surface area contributed by atoms with Crippen molar-refractivity contribution < 1.29 is 4.79 Å². The number of halogens is 1. The van der Waals surface area contributed by atoms with Crippen molar-refractivity contribution in [3.63, 3.8) is 0 Å². The molecule has 1 heterocycles. The van der Waals surface area contributed by atoms with E-state index in [1.165, 1.54) is 12.8 Å². The van der Waals surface area contributed by atoms with Crippen LogP contribution >= 0.6 is 11.6 Å². The summed E-state index contributed by atoms with van der Waals surface area (Å²) in [5, 5.41) is 0.549. The molecule has 0 bridgehead atoms. The Morgan fingerprint density at radius 2 is 2.38 bits per heavy atom. The van der Waals surface area contributed by atoms with Crippen molar-refractivity contribution in [1.82, 2.24) is 0 Å². The van der Waals surface area contributed by atoms with Crippen molar-refractivity contribution in [2.45, 2.75) is 19.8 Å². The number of carbonyl (C=O) groups is 1. The van der Waals surface area contributed by atoms with Crippen LogP contribution in [-0.4, -0.2) is 19.4 Å². The minimum absolute atomic E-state index is 0.549. The molecular weight excluding hydrogens is 222 g/mol. The third-order valence-electron chi connectivity index (χ3n) is 3.34. The maximum Gasteiger partial charge on any atom is 0.151 e. The summed E-state index contributed by atoms with van der Waals surface area (Å²) in [6, 6.07) is 5.67. The number of anilines is 1. The van der Waals surface area contributed by atoms with E-state index in [4.69, 9.17) is 11.6 Å². The van der Waals surface area contributed by atoms with Gasteiger partial charge in [-0.05, 0) is 30.5 Å². The first-order chi connectivity index (χ1) is 7.74. The van der Waals surface area contributed by atoms with Gasteiger partial charge in [-0.15, -0.1) is 0 Å². The maximum atomic E-state index is 10.7. The summed E-state index contributed by atoms with van der Waals surface area (Å²) in [5.41, 5.74) is 1.70. The predicted octanol–water partition coefficient (Wildman–Crippen LogP) is 3.39. The second kappa shape index (κ2) is 4.88. The Morgan fingerprint density at radius 3 is 2.94 bits per heavy atom. The van der Waals surface area contributed by atoms with Gasteiger partial charge in [-0.1, -0.05) is 24.9 Å². The summed E-state index contributed by atoms with van der Waals surface area (Å²) in [5.74, 6) is 0.796. The SMILES string of the molecule is CCC1CCN(c2ccc(C=O)c(Cl)c2)C1. The number of hydrogen-bond donors (Lipinski definition) is 0. The molecule has 86 valence electrons. The number of aldehydes is 1. The third kappa shape index (κ3) is 2.22. The summed E-state index contributed by atoms with van der Waals surface area (Å²) in [4.78, 5) is 13.0. The first kappa shape index (κ1) is 11.5. The molecule has 1 fully saturated rings. The Kier molecular flexibility index (Phi) is 3.49. The number of hydrogen-bond acceptors (Lipinski definition) is 2. The molecule has 0 saturated carbocycles. The number of rotatable bonds is 3. The van der Waals surface area contributed by atoms with Gasteiger partial charge >= 0.3 is 0 Å². The molecule has 0 aromatic heterocycles. The zero-order valence-electron chi connectivity index (χ0n) is 9.45. The predicted molar refractivity (Wildman–Crippen MR) is 67.5 cm³/mol. The summed E-state index contributed by atoms with van der Waals surface area (Å²) >= 11 is 6.02. The van der Waals surface area contributed by atoms with Gasteiger partial charge in [0, 0.05) is 24.3 Å². The van der Waals surface area contributed by atoms with Gasteiger partial charge in [-0.2, -0.15) is 0 Å². The van der Waals surface area contributed by atoms with Gasteiger partial charge in [0.1, 0.15) is 0 Å². The van der Waals surface area contributed by atoms with E-state index in [1.54, 1.807) is 6.07 Å². The van der Waals surface area contributed by atoms with Crippen molar-refractivity contribution in [2.75, 3.05) is 18.0 Å². The molecule has 0 radical (unpaired) electrons. The number of carbonyl (C=O) groups excluding carboxylic acids is 1. The van der Waals surface area contributed by atoms with E-state index < -0.39 is 0 Å². The lowest BCUT2D eigenvalue weighted by molar-refractivity contribution is 0.112. The highest BCUT2D eigenvalue weighted by Crippen LogP contribution is 2.28. The fraction of sp³-hybridized carbons (Fsp3) is 0.462. The Balaban J connectivity index is 2.16. The van der Waals surface area contributed by atoms with Crippen LogP contribution in [0.1, 0.15) is 30.1 Å². The van der Waals surface area contributed by atoms with Crippen molar-refractivity contribution >= 4 is 23.6 Å². The zero-order chi connectivity index (χ0) is 11.5. The number of nitrogens with zero attached hydrogens (tertiary/aromatic N) is 1. The smallest absolute Gasteiger partial charge is 0.151 e. The lowest BCUT2D eigenvalue weighted by Gasteiger charge is -2.19. The van der Waals surface area contributed by atoms with E-state index in [1.807, 2.05) is 12.1 Å². The molecule has 1 aliphatic heterocycles. The van der Waals surface area contributed by atoms with E-state index in [9.17, 15) is 4.79 Å². The molecule has 2 nitrogen and oxygen atoms in total. The lowest BCUT2D eigenvalue weighted by atomic mass is 10.1. The summed E-state index contributed by atoms with van der Waals surface area (Å²) in [7, 11) is 0. The molecule has 0 N–H and O–H groups in total. The maximum absolute atomic E-state index is 10.7. The molecule has 1 atom stereocenters. The van der Waals surface area contributed by atoms with Crippen molar-refractivity contribution in [3.05, 3.63) is 28.8 Å². The standard InChI is InChI=1S/C13H16ClNO/c1-2-10-5-6-15(8-10)12-4-3-11(9-16)13(14)7-12/h3-4,7,9-10H,2,5-6,8H2,1H3. The normalized spacial score (nSPS) is 20.1. The van der Waals surface area contributed by atoms with Gasteiger partial charge in [0.2, 0.25) is 0 Å². The number of benzene rings is 1. The second-order valence-electron chi connectivity index (χ2n) is 4.33. The largest absolute Gasteiger partial charge is 0.371 e. The zero-order valence-corrected chi connectivity index (χ0v) is 10.2. The van der Waals surface area contributed by atoms with E-state index >= 15 is 0 Å². The fourth-order valence-corrected chi connectivity index (χ4v) is 2.43. The minimum atomic E-state index is 0.549. The molecule has 0 aliphatic carbocycles. The van der Waals surface area contributed by atoms with Crippen LogP contribution in [0.3, 0.4) is 0 Å². The molecule has 0 amide bonds. The molecule has 16 heavy (non-hydrogen) atoms. The highest BCUT2D eigenvalue weighted by molar-refractivity contribution is 6.33. The average molecular weight is 238 g/mol. The highest BCUT2D eigenvalue weighted by Gasteiger charge is 2.21. The first-order valence-electron chi connectivity index (χ1n) is 5.74. The molecule has 0 spiro atoms. The molecule has 3 heteroatoms. The monoisotopic (exact) mass is 237 g/mol. The molecule has 1 unspecified atom stereocenters. The van der Waals surface area contributed by atoms with E-state index in [0.29, 0.717) is 10.6 Å². The van der Waals surface area contributed by atoms with Crippen LogP contribution in [0.2, 0.25) is 5.02 Å². The van der Waals surface area contributed by atoms with Crippen LogP contribution < -0.4 is 4.90 Å². The average Bonchev–Trinajstić information content (AvgIpc) is 2.77. The van der Waals surface area contributed by atoms with E-state index in [0.717, 1.165) is 31.0 Å². The summed E-state index contributed by atoms with van der Waals surface area (Å²) in [6.07, 6.45) is 3.28. The van der Waals surface area contributed by atoms with Gasteiger partial charge in [-0.25, -0.2) is 0 Å². The van der Waals surface area contributed by atoms with Crippen LogP contribution in [0.15, 0.2) is 18.2 Å². The Morgan fingerprint density at radius 1 is 1.56 bits per heavy atom. The van der Waals surface area contributed by atoms with Crippen molar-refractivity contribution in [1.29, 1.82) is 0 Å². The Hall–Kier alpha value is -1.02. The summed E-state index contributed by atoms with van der Waals surface area (Å²) in [6.45, 7) is 4.43. The van der Waals surface area contributed by atoms with Crippen LogP contribution in [0.5, 0.6) is 0 Å². The highest BCUT2D eigenvalue weighted by atomic mass is 35.5. The first-order valence-corrected chi connectivity index (χ1v) is 6.12. The minimum Gasteiger partial charge on any atom is -0.371 e. The van der Waals surface area contributed by atoms with Crippen LogP contribution in [0.4, 0.5) is 5.69 Å². The van der Waals surface area contributed by atoms with E-state index in [-0.39, 0.29) is 0 Å².